The van der Waals surface area contributed by atoms with Crippen LogP contribution >= 0.6 is 0 Å². The van der Waals surface area contributed by atoms with Crippen LogP contribution in [0, 0.1) is 25.3 Å². The normalized spacial score (nSPS) is 18.5. The molecule has 0 bridgehead atoms. The van der Waals surface area contributed by atoms with Gasteiger partial charge in [-0.15, -0.1) is 29.7 Å². The van der Waals surface area contributed by atoms with Crippen molar-refractivity contribution in [2.45, 2.75) is 33.0 Å². The molecule has 0 radical (unpaired) electrons. The number of nitrogens with zero attached hydrogens (tertiary/aromatic N) is 4. The second-order valence-electron chi connectivity index (χ2n) is 25.2. The van der Waals surface area contributed by atoms with Crippen LogP contribution in [-0.4, -0.2) is 30.3 Å². The van der Waals surface area contributed by atoms with Gasteiger partial charge in [-0.2, -0.15) is 18.2 Å². The molecule has 0 spiro atoms. The fourth-order valence-corrected chi connectivity index (χ4v) is 20.3. The van der Waals surface area contributed by atoms with Crippen LogP contribution in [0.2, 0.25) is 0 Å². The molecule has 0 amide bonds. The Morgan fingerprint density at radius 1 is 0.413 bits per heavy atom. The molecule has 0 aliphatic rings. The Labute approximate surface area is 726 Å². The Morgan fingerprint density at radius 2 is 0.881 bits per heavy atom. The molecule has 0 fully saturated rings. The molecule has 5 nitrogen and oxygen atoms in total. The first kappa shape index (κ1) is 33.0. The fourth-order valence-electron chi connectivity index (χ4n) is 13.2. The third kappa shape index (κ3) is 12.6. The summed E-state index contributed by atoms with van der Waals surface area (Å²) in [6.07, 6.45) is 4.26. The third-order valence-corrected chi connectivity index (χ3v) is 26.1. The van der Waals surface area contributed by atoms with Crippen molar-refractivity contribution in [1.82, 2.24) is 14.1 Å². The number of hydrogen-bond acceptors (Lipinski definition) is 2. The molecule has 0 saturated heterocycles. The van der Waals surface area contributed by atoms with E-state index in [0.29, 0.717) is 16.3 Å². The van der Waals surface area contributed by atoms with Gasteiger partial charge in [0.05, 0.1) is 82.5 Å². The van der Waals surface area contributed by atoms with Gasteiger partial charge in [-0.25, -0.2) is 4.98 Å². The zero-order valence-electron chi connectivity index (χ0n) is 108. The predicted octanol–water partition coefficient (Wildman–Crippen LogP) is 18.6. The standard InChI is InChI=1S/C101H76N4OSi2.Pt/c1-72-62-99(102-70-94(72)74-36-15-6-16-37-74)105-95-57-30-29-56-90(95)91-60-59-81(69-97(91)105)106-80-41-33-40-79(68-80)103-71-104(96-61-58-75(65-98(96)103)73-34-13-5-14-35-73)100-92(76-38-31-54-88(63-76)107(82-42-17-7-18-43-82,83-44-19-8-20-45-83)84-46-21-9-22-47-84)66-78(101(2,3)4)67-93(100)77-39-32-55-89(64-77)108(85-48-23-10-24-49-85,86-50-25-11-26-51-86)87-52-27-12-28-53-87;/h5-67,70H,1-4H3;/q-2;/i1D3,5D,6D,7D,8D,9D,10D,11D,12D,13D,14D,15D,16D,17D,18D,19D,20D,21D,22D,23D,24D,25D,26D,27D,28D,31D,32D,34D,35D,36D,37D,38D,39D,42D,43D,44D,45D,46D,47D,48D,49D,50D,51D,52D,53D,54D,55D,63D,64D;. The van der Waals surface area contributed by atoms with Gasteiger partial charge >= 0.3 is 0 Å². The third-order valence-electron chi connectivity index (χ3n) is 18.1. The van der Waals surface area contributed by atoms with Crippen LogP contribution in [0.15, 0.2) is 387 Å². The molecule has 18 aromatic rings. The maximum absolute atomic E-state index is 11.6. The summed E-state index contributed by atoms with van der Waals surface area (Å²) in [5, 5.41) is -9.81. The van der Waals surface area contributed by atoms with Gasteiger partial charge < -0.3 is 13.9 Å². The number of rotatable bonds is 17. The van der Waals surface area contributed by atoms with Gasteiger partial charge in [-0.3, -0.25) is 4.57 Å². The summed E-state index contributed by atoms with van der Waals surface area (Å²) in [6, 6.07) is -33.6. The molecule has 0 aliphatic heterocycles. The Kier molecular flexibility index (Phi) is 8.91. The van der Waals surface area contributed by atoms with Crippen molar-refractivity contribution in [1.29, 1.82) is 0 Å². The molecule has 3 aromatic heterocycles. The van der Waals surface area contributed by atoms with Crippen LogP contribution in [0.4, 0.5) is 0 Å². The maximum atomic E-state index is 11.6. The van der Waals surface area contributed by atoms with E-state index in [1.54, 1.807) is 30.3 Å². The van der Waals surface area contributed by atoms with Gasteiger partial charge in [-0.05, 0) is 133 Å². The second-order valence-corrected chi connectivity index (χ2v) is 32.2. The van der Waals surface area contributed by atoms with Crippen molar-refractivity contribution in [3.8, 4) is 73.2 Å². The molecule has 0 unspecified atom stereocenters. The van der Waals surface area contributed by atoms with E-state index in [-0.39, 0.29) is 71.8 Å². The van der Waals surface area contributed by atoms with Gasteiger partial charge in [0.25, 0.3) is 6.33 Å². The topological polar surface area (TPSA) is 35.9 Å². The van der Waals surface area contributed by atoms with Gasteiger partial charge in [0, 0.05) is 54.0 Å². The molecule has 8 heteroatoms. The molecule has 0 N–H and O–H groups in total. The van der Waals surface area contributed by atoms with Crippen LogP contribution in [0.3, 0.4) is 0 Å². The molecular weight excluding hydrogens is 1540 g/mol. The van der Waals surface area contributed by atoms with Crippen molar-refractivity contribution in [3.05, 3.63) is 417 Å². The van der Waals surface area contributed by atoms with Crippen LogP contribution in [0.1, 0.15) is 102 Å². The van der Waals surface area contributed by atoms with Crippen molar-refractivity contribution < 1.29 is 100 Å². The average Bonchev–Trinajstić information content (AvgIpc) is 0.695. The first-order valence-electron chi connectivity index (χ1n) is 58.4. The molecule has 15 aromatic carbocycles. The number of hydrogen-bond donors (Lipinski definition) is 0. The quantitative estimate of drug-likeness (QED) is 0.0394. The minimum Gasteiger partial charge on any atom is -0.510 e. The van der Waals surface area contributed by atoms with Gasteiger partial charge in [-0.1, -0.05) is 359 Å². The number of aromatic nitrogens is 4. The van der Waals surface area contributed by atoms with Crippen LogP contribution in [0.25, 0.3) is 94.5 Å². The number of pyridine rings is 1. The summed E-state index contributed by atoms with van der Waals surface area (Å²) in [5.41, 5.74) is -9.36. The number of ether oxygens (including phenoxy) is 1. The summed E-state index contributed by atoms with van der Waals surface area (Å²) in [4.78, 5) is 4.67. The van der Waals surface area contributed by atoms with E-state index in [0.717, 1.165) is 33.5 Å². The van der Waals surface area contributed by atoms with Crippen molar-refractivity contribution in [2.24, 2.45) is 0 Å². The predicted molar refractivity (Wildman–Crippen MR) is 452 cm³/mol. The molecule has 3 heterocycles. The van der Waals surface area contributed by atoms with Crippen molar-refractivity contribution >= 4 is 90.5 Å². The Morgan fingerprint density at radius 3 is 1.39 bits per heavy atom. The largest absolute Gasteiger partial charge is 0.510 e. The van der Waals surface area contributed by atoms with Crippen LogP contribution in [-0.2, 0) is 26.5 Å². The summed E-state index contributed by atoms with van der Waals surface area (Å²) in [5.74, 6) is -0.551. The van der Waals surface area contributed by atoms with E-state index in [1.807, 2.05) is 0 Å². The zero-order chi connectivity index (χ0) is 117. The molecular formula is C101H76N4OPtSi2-2. The van der Waals surface area contributed by atoms with E-state index >= 15 is 0 Å². The van der Waals surface area contributed by atoms with Gasteiger partial charge in [0.1, 0.15) is 5.82 Å². The molecule has 0 aliphatic carbocycles. The first-order chi connectivity index (χ1) is 74.2. The van der Waals surface area contributed by atoms with E-state index in [9.17, 15) is 46.6 Å². The Bertz CT molecular complexity index is 8680. The van der Waals surface area contributed by atoms with Crippen LogP contribution < -0.4 is 50.8 Å². The number of para-hydroxylation sites is 1. The minimum atomic E-state index is -6.96. The summed E-state index contributed by atoms with van der Waals surface area (Å²) in [7, 11) is -13.9. The molecule has 0 saturated carbocycles. The zero-order valence-corrected chi connectivity index (χ0v) is 61.0. The van der Waals surface area contributed by atoms with Crippen molar-refractivity contribution in [2.75, 3.05) is 0 Å². The minimum absolute atomic E-state index is 0. The van der Waals surface area contributed by atoms with E-state index < -0.39 is 410 Å². The Hall–Kier alpha value is -12.4. The van der Waals surface area contributed by atoms with Crippen molar-refractivity contribution in [3.63, 3.8) is 0 Å². The molecule has 18 rings (SSSR count). The van der Waals surface area contributed by atoms with Crippen LogP contribution in [0.5, 0.6) is 11.5 Å². The summed E-state index contributed by atoms with van der Waals surface area (Å²) < 4.78 is 502. The van der Waals surface area contributed by atoms with E-state index in [1.165, 1.54) is 67.8 Å². The summed E-state index contributed by atoms with van der Waals surface area (Å²) >= 11 is 0. The first-order valence-corrected chi connectivity index (χ1v) is 36.9. The smallest absolute Gasteiger partial charge is 0.268 e. The SMILES string of the molecule is [2H]c1c([2H])c([2H])c(-c2ccc3c(c2)n(-c2[c-]c(Oc4[c-]c5c(cc4)c4ccccc4n5-c4cc(C([2H])([2H])[2H])c(-c5c([2H])c([2H])c([2H])c([2H])c5[2H])cn4)ccc2)[c-][n+]3-c2c(-c3c([2H])c([2H])c([2H])c([Si](c4c([2H])c([2H])c([2H])c([2H])c4[2H])(c4c([2H])c([2H])c([2H])c([2H])c4[2H])c4c([2H])c([2H])c([2H])c([2H])c4[2H])c3[2H])cc(C(C)(C)C)cc2-c2c([2H])c([2H])c([2H])c([Si](c3c([2H])c([2H])c([2H])c([2H])c3[2H])(c3c([2H])c([2H])c([2H])c([2H])c3[2H])c3c([2H])c([2H])c([2H])c([2H])c3[2H])c2[2H])c([2H])c1[2H].[Pt]. The molecule has 109 heavy (non-hydrogen) atoms. The molecule has 526 valence electrons. The van der Waals surface area contributed by atoms with E-state index in [4.69, 9.17) is 28.0 Å². The van der Waals surface area contributed by atoms with E-state index in [2.05, 4.69) is 23.4 Å². The number of imidazole rings is 1. The second kappa shape index (κ2) is 29.4. The average molecular weight is 1660 g/mol. The van der Waals surface area contributed by atoms with Gasteiger partial charge in [0.15, 0.2) is 16.1 Å². The monoisotopic (exact) mass is 1660 g/mol. The fraction of sp³-hybridized carbons (Fsp3) is 0.0495. The molecule has 0 atom stereocenters. The summed E-state index contributed by atoms with van der Waals surface area (Å²) in [6.45, 7) is 1.39. The maximum Gasteiger partial charge on any atom is 0.268 e. The number of fused-ring (bicyclic) bond motifs is 4. The van der Waals surface area contributed by atoms with Gasteiger partial charge in [0.2, 0.25) is 0 Å². The number of aryl methyl sites for hydroxylation is 1. The number of benzene rings is 15. The Balaban J connectivity index is 0.0000172.